The Balaban J connectivity index is -0.00000242. The fourth-order valence-electron chi connectivity index (χ4n) is 2.19. The SMILES string of the molecule is NCCNCC(CC(=O)[O-])(CC(=O)[O-])N(CC(=O)[O-])CC(=O)[O-].[Fe+3].[NH4+]. The molecule has 0 amide bonds. The minimum atomic E-state index is -1.92. The van der Waals surface area contributed by atoms with E-state index in [9.17, 15) is 39.6 Å². The number of nitrogens with one attached hydrogen (secondary N) is 1. The van der Waals surface area contributed by atoms with Crippen LogP contribution in [0.1, 0.15) is 12.8 Å². The van der Waals surface area contributed by atoms with E-state index >= 15 is 0 Å². The van der Waals surface area contributed by atoms with Crippen LogP contribution in [0.3, 0.4) is 0 Å². The Morgan fingerprint density at radius 2 is 1.28 bits per heavy atom. The Hall–Kier alpha value is -1.76. The van der Waals surface area contributed by atoms with Gasteiger partial charge in [0.15, 0.2) is 0 Å². The second kappa shape index (κ2) is 13.5. The minimum Gasteiger partial charge on any atom is -0.550 e. The number of hydrogen-bond donors (Lipinski definition) is 3. The molecular weight excluding hydrogens is 384 g/mol. The molecule has 0 spiro atoms. The van der Waals surface area contributed by atoms with E-state index in [2.05, 4.69) is 5.32 Å². The zero-order chi connectivity index (χ0) is 18.0. The molecule has 0 saturated heterocycles. The second-order valence-electron chi connectivity index (χ2n) is 4.89. The van der Waals surface area contributed by atoms with Gasteiger partial charge in [0, 0.05) is 63.0 Å². The number of hydrogen-bond acceptors (Lipinski definition) is 11. The number of nitrogens with two attached hydrogens (primary N) is 1. The molecule has 0 unspecified atom stereocenters. The molecule has 0 bridgehead atoms. The molecule has 25 heavy (non-hydrogen) atoms. The quantitative estimate of drug-likeness (QED) is 0.192. The molecule has 7 N–H and O–H groups in total. The van der Waals surface area contributed by atoms with Crippen LogP contribution in [0.2, 0.25) is 0 Å². The van der Waals surface area contributed by atoms with Gasteiger partial charge in [0.05, 0.1) is 11.9 Å². The zero-order valence-corrected chi connectivity index (χ0v) is 14.7. The Kier molecular flexibility index (Phi) is 15.2. The van der Waals surface area contributed by atoms with E-state index in [0.29, 0.717) is 4.90 Å². The molecule has 0 saturated carbocycles. The van der Waals surface area contributed by atoms with Gasteiger partial charge in [-0.1, -0.05) is 0 Å². The minimum absolute atomic E-state index is 0. The van der Waals surface area contributed by atoms with Crippen molar-refractivity contribution in [3.63, 3.8) is 0 Å². The molecule has 145 valence electrons. The molecule has 0 aliphatic heterocycles. The number of rotatable bonds is 13. The van der Waals surface area contributed by atoms with Gasteiger partial charge >= 0.3 is 17.1 Å². The third kappa shape index (κ3) is 11.4. The topological polar surface area (TPSA) is 238 Å². The maximum absolute atomic E-state index is 11.0. The second-order valence-corrected chi connectivity index (χ2v) is 4.89. The summed E-state index contributed by atoms with van der Waals surface area (Å²) in [6.45, 7) is -2.11. The van der Waals surface area contributed by atoms with Crippen molar-refractivity contribution in [3.05, 3.63) is 0 Å². The van der Waals surface area contributed by atoms with Gasteiger partial charge < -0.3 is 56.8 Å². The molecule has 0 aromatic rings. The van der Waals surface area contributed by atoms with Crippen molar-refractivity contribution >= 4 is 23.9 Å². The molecule has 0 heterocycles. The van der Waals surface area contributed by atoms with Gasteiger partial charge in [0.1, 0.15) is 0 Å². The number of aliphatic carboxylic acids is 4. The van der Waals surface area contributed by atoms with Crippen LogP contribution in [0.5, 0.6) is 0 Å². The molecule has 0 fully saturated rings. The monoisotopic (exact) mass is 405 g/mol. The van der Waals surface area contributed by atoms with Crippen LogP contribution in [0.25, 0.3) is 0 Å². The molecule has 0 atom stereocenters. The van der Waals surface area contributed by atoms with Crippen LogP contribution in [-0.2, 0) is 36.2 Å². The van der Waals surface area contributed by atoms with E-state index in [-0.39, 0.29) is 42.9 Å². The summed E-state index contributed by atoms with van der Waals surface area (Å²) in [5.74, 6) is -6.82. The van der Waals surface area contributed by atoms with Crippen LogP contribution in [-0.4, -0.2) is 67.0 Å². The maximum Gasteiger partial charge on any atom is 3.00 e. The molecule has 12 nitrogen and oxygen atoms in total. The van der Waals surface area contributed by atoms with Crippen molar-refractivity contribution in [3.8, 4) is 0 Å². The van der Waals surface area contributed by atoms with Crippen molar-refractivity contribution in [2.45, 2.75) is 18.4 Å². The van der Waals surface area contributed by atoms with Crippen molar-refractivity contribution in [2.24, 2.45) is 5.73 Å². The number of carboxylic acid groups (broad SMARTS) is 4. The molecule has 13 heteroatoms. The predicted molar refractivity (Wildman–Crippen MR) is 71.5 cm³/mol. The van der Waals surface area contributed by atoms with Gasteiger partial charge in [-0.2, -0.15) is 0 Å². The van der Waals surface area contributed by atoms with Crippen LogP contribution in [0.15, 0.2) is 0 Å². The first-order valence-electron chi connectivity index (χ1n) is 6.58. The third-order valence-corrected chi connectivity index (χ3v) is 3.03. The molecule has 0 aromatic heterocycles. The molecule has 1 radical (unpaired) electrons. The average Bonchev–Trinajstić information content (AvgIpc) is 2.35. The van der Waals surface area contributed by atoms with Crippen molar-refractivity contribution in [1.29, 1.82) is 0 Å². The first kappa shape index (κ1) is 28.1. The standard InChI is InChI=1S/C12H21N3O8.Fe.H3N/c13-1-2-14-7-12(3-8(16)17,4-9(18)19)15(5-10(20)21)6-11(22)23;;/h14H,1-7,13H2,(H,16,17)(H,18,19)(H,20,21)(H,22,23);;1H3/q;+3;/p-3. The van der Waals surface area contributed by atoms with Crippen molar-refractivity contribution in [1.82, 2.24) is 16.4 Å². The predicted octanol–water partition coefficient (Wildman–Crippen LogP) is -7.27. The van der Waals surface area contributed by atoms with Crippen molar-refractivity contribution in [2.75, 3.05) is 32.7 Å². The van der Waals surface area contributed by atoms with Crippen LogP contribution in [0.4, 0.5) is 0 Å². The molecule has 0 aromatic carbocycles. The van der Waals surface area contributed by atoms with Gasteiger partial charge in [0.25, 0.3) is 0 Å². The van der Waals surface area contributed by atoms with Gasteiger partial charge in [-0.15, -0.1) is 0 Å². The number of quaternary nitrogens is 1. The Morgan fingerprint density at radius 3 is 1.56 bits per heavy atom. The Labute approximate surface area is 154 Å². The van der Waals surface area contributed by atoms with Gasteiger partial charge in [-0.05, 0) is 0 Å². The summed E-state index contributed by atoms with van der Waals surface area (Å²) >= 11 is 0. The summed E-state index contributed by atoms with van der Waals surface area (Å²) < 4.78 is 0. The fraction of sp³-hybridized carbons (Fsp3) is 0.667. The number of carbonyl (C=O) groups excluding carboxylic acids is 4. The van der Waals surface area contributed by atoms with E-state index in [1.807, 2.05) is 0 Å². The van der Waals surface area contributed by atoms with Crippen LogP contribution >= 0.6 is 0 Å². The Bertz CT molecular complexity index is 430. The summed E-state index contributed by atoms with van der Waals surface area (Å²) in [5, 5.41) is 46.2. The normalized spacial score (nSPS) is 10.5. The maximum atomic E-state index is 11.0. The van der Waals surface area contributed by atoms with E-state index in [0.717, 1.165) is 0 Å². The van der Waals surface area contributed by atoms with Crippen LogP contribution in [0, 0.1) is 0 Å². The van der Waals surface area contributed by atoms with Gasteiger partial charge in [0.2, 0.25) is 0 Å². The first-order valence-corrected chi connectivity index (χ1v) is 6.58. The summed E-state index contributed by atoms with van der Waals surface area (Å²) in [7, 11) is 0. The molecule has 0 aliphatic carbocycles. The largest absolute Gasteiger partial charge is 3.00 e. The fourth-order valence-corrected chi connectivity index (χ4v) is 2.19. The summed E-state index contributed by atoms with van der Waals surface area (Å²) in [6, 6.07) is 0. The van der Waals surface area contributed by atoms with Gasteiger partial charge in [-0.3, -0.25) is 4.90 Å². The molecule has 0 aliphatic rings. The van der Waals surface area contributed by atoms with E-state index in [4.69, 9.17) is 5.73 Å². The zero-order valence-electron chi connectivity index (χ0n) is 13.6. The number of carbonyl (C=O) groups is 4. The van der Waals surface area contributed by atoms with E-state index in [1.54, 1.807) is 0 Å². The average molecular weight is 405 g/mol. The molecular formula is C12H21FeN4O8. The first-order chi connectivity index (χ1) is 10.6. The smallest absolute Gasteiger partial charge is 0.550 e. The Morgan fingerprint density at radius 1 is 0.880 bits per heavy atom. The number of nitrogens with zero attached hydrogens (tertiary/aromatic N) is 1. The summed E-state index contributed by atoms with van der Waals surface area (Å²) in [6.07, 6.45) is -1.89. The molecule has 0 rings (SSSR count). The third-order valence-electron chi connectivity index (χ3n) is 3.03. The van der Waals surface area contributed by atoms with Crippen molar-refractivity contribution < 1.29 is 56.7 Å². The summed E-state index contributed by atoms with van der Waals surface area (Å²) in [5.41, 5.74) is 3.33. The van der Waals surface area contributed by atoms with Gasteiger partial charge in [-0.25, -0.2) is 0 Å². The van der Waals surface area contributed by atoms with E-state index < -0.39 is 55.3 Å². The summed E-state index contributed by atoms with van der Waals surface area (Å²) in [4.78, 5) is 44.2. The number of carboxylic acids is 4. The van der Waals surface area contributed by atoms with E-state index in [1.165, 1.54) is 0 Å². The van der Waals surface area contributed by atoms with Crippen LogP contribution < -0.4 is 37.6 Å².